The van der Waals surface area contributed by atoms with Crippen LogP contribution in [-0.2, 0) is 14.4 Å². The molecule has 0 unspecified atom stereocenters. The number of thioether (sulfide) groups is 1. The fourth-order valence-corrected chi connectivity index (χ4v) is 5.74. The largest absolute Gasteiger partial charge is 0.481 e. The second-order valence-corrected chi connectivity index (χ2v) is 8.93. The monoisotopic (exact) mass is 404 g/mol. The van der Waals surface area contributed by atoms with E-state index in [-0.39, 0.29) is 23.5 Å². The SMILES string of the molecule is O=C(O)CSc1nc2ccc(NC(=O)[C@H]3[C@@H](C(=O)O)[C@H]4C=C[C@H]3C4)cc2s1. The highest BCUT2D eigenvalue weighted by atomic mass is 32.2. The number of carboxylic acid groups (broad SMARTS) is 2. The van der Waals surface area contributed by atoms with E-state index in [4.69, 9.17) is 5.11 Å². The summed E-state index contributed by atoms with van der Waals surface area (Å²) in [6.07, 6.45) is 4.58. The van der Waals surface area contributed by atoms with E-state index >= 15 is 0 Å². The molecule has 0 radical (unpaired) electrons. The number of carbonyl (C=O) groups excluding carboxylic acids is 1. The van der Waals surface area contributed by atoms with Crippen LogP contribution in [0.15, 0.2) is 34.7 Å². The molecule has 1 saturated carbocycles. The first-order valence-electron chi connectivity index (χ1n) is 8.39. The fourth-order valence-electron chi connectivity index (χ4n) is 3.91. The van der Waals surface area contributed by atoms with Gasteiger partial charge in [0.2, 0.25) is 5.91 Å². The summed E-state index contributed by atoms with van der Waals surface area (Å²) >= 11 is 2.52. The summed E-state index contributed by atoms with van der Waals surface area (Å²) in [7, 11) is 0. The maximum Gasteiger partial charge on any atom is 0.313 e. The highest BCUT2D eigenvalue weighted by Gasteiger charge is 2.51. The Morgan fingerprint density at radius 3 is 2.63 bits per heavy atom. The number of aliphatic carboxylic acids is 2. The lowest BCUT2D eigenvalue weighted by Gasteiger charge is -2.23. The van der Waals surface area contributed by atoms with Crippen molar-refractivity contribution in [3.63, 3.8) is 0 Å². The molecule has 2 aliphatic carbocycles. The molecule has 140 valence electrons. The summed E-state index contributed by atoms with van der Waals surface area (Å²) in [6, 6.07) is 5.28. The summed E-state index contributed by atoms with van der Waals surface area (Å²) < 4.78 is 1.49. The Morgan fingerprint density at radius 1 is 1.19 bits per heavy atom. The van der Waals surface area contributed by atoms with Crippen molar-refractivity contribution in [2.45, 2.75) is 10.8 Å². The van der Waals surface area contributed by atoms with E-state index in [1.54, 1.807) is 18.2 Å². The summed E-state index contributed by atoms with van der Waals surface area (Å²) in [5, 5.41) is 21.1. The van der Waals surface area contributed by atoms with E-state index in [1.807, 2.05) is 12.2 Å². The van der Waals surface area contributed by atoms with Gasteiger partial charge >= 0.3 is 11.9 Å². The van der Waals surface area contributed by atoms with Crippen LogP contribution in [-0.4, -0.2) is 38.8 Å². The molecular weight excluding hydrogens is 388 g/mol. The minimum absolute atomic E-state index is 0.0257. The van der Waals surface area contributed by atoms with Crippen LogP contribution < -0.4 is 5.32 Å². The van der Waals surface area contributed by atoms with Gasteiger partial charge in [0.05, 0.1) is 27.8 Å². The maximum atomic E-state index is 12.7. The fraction of sp³-hybridized carbons (Fsp3) is 0.333. The highest BCUT2D eigenvalue weighted by molar-refractivity contribution is 8.01. The Hall–Kier alpha value is -2.39. The number of aromatic nitrogens is 1. The first-order chi connectivity index (χ1) is 12.9. The molecule has 1 aromatic carbocycles. The van der Waals surface area contributed by atoms with Crippen molar-refractivity contribution in [1.82, 2.24) is 4.98 Å². The molecule has 3 N–H and O–H groups in total. The zero-order valence-electron chi connectivity index (χ0n) is 14.0. The summed E-state index contributed by atoms with van der Waals surface area (Å²) in [4.78, 5) is 39.4. The molecular formula is C18H16N2O5S2. The predicted molar refractivity (Wildman–Crippen MR) is 102 cm³/mol. The lowest BCUT2D eigenvalue weighted by Crippen LogP contribution is -2.36. The summed E-state index contributed by atoms with van der Waals surface area (Å²) in [6.45, 7) is 0. The minimum atomic E-state index is -0.926. The maximum absolute atomic E-state index is 12.7. The second-order valence-electron chi connectivity index (χ2n) is 6.67. The van der Waals surface area contributed by atoms with Crippen LogP contribution in [0.1, 0.15) is 6.42 Å². The molecule has 1 aromatic heterocycles. The number of allylic oxidation sites excluding steroid dienone is 2. The van der Waals surface area contributed by atoms with Crippen molar-refractivity contribution < 1.29 is 24.6 Å². The molecule has 9 heteroatoms. The number of hydrogen-bond donors (Lipinski definition) is 3. The van der Waals surface area contributed by atoms with Crippen LogP contribution in [0.2, 0.25) is 0 Å². The average Bonchev–Trinajstić information content (AvgIpc) is 3.32. The van der Waals surface area contributed by atoms with Gasteiger partial charge in [0.15, 0.2) is 4.34 Å². The minimum Gasteiger partial charge on any atom is -0.481 e. The topological polar surface area (TPSA) is 117 Å². The van der Waals surface area contributed by atoms with E-state index in [0.29, 0.717) is 16.4 Å². The van der Waals surface area contributed by atoms with Gasteiger partial charge in [0.25, 0.3) is 0 Å². The summed E-state index contributed by atoms with van der Waals surface area (Å²) in [5.74, 6) is -3.49. The first kappa shape index (κ1) is 18.0. The molecule has 1 amide bonds. The number of carbonyl (C=O) groups is 3. The molecule has 27 heavy (non-hydrogen) atoms. The molecule has 1 heterocycles. The van der Waals surface area contributed by atoms with Gasteiger partial charge in [-0.1, -0.05) is 23.9 Å². The third-order valence-electron chi connectivity index (χ3n) is 5.00. The first-order valence-corrected chi connectivity index (χ1v) is 10.2. The molecule has 0 spiro atoms. The van der Waals surface area contributed by atoms with Crippen molar-refractivity contribution in [3.05, 3.63) is 30.4 Å². The molecule has 4 rings (SSSR count). The standard InChI is InChI=1S/C18H16N2O5S2/c21-13(22)7-26-18-20-11-4-3-10(6-12(11)27-18)19-16(23)14-8-1-2-9(5-8)15(14)17(24)25/h1-4,6,8-9,14-15H,5,7H2,(H,19,23)(H,21,22)(H,24,25)/t8-,9-,14+,15-/m0/s1. The van der Waals surface area contributed by atoms with Gasteiger partial charge in [-0.25, -0.2) is 4.98 Å². The third kappa shape index (κ3) is 3.44. The number of fused-ring (bicyclic) bond motifs is 3. The third-order valence-corrected chi connectivity index (χ3v) is 7.15. The van der Waals surface area contributed by atoms with Crippen LogP contribution in [0, 0.1) is 23.7 Å². The van der Waals surface area contributed by atoms with E-state index in [9.17, 15) is 19.5 Å². The smallest absolute Gasteiger partial charge is 0.313 e. The molecule has 2 bridgehead atoms. The Balaban J connectivity index is 1.51. The number of nitrogens with one attached hydrogen (secondary N) is 1. The Morgan fingerprint density at radius 2 is 1.93 bits per heavy atom. The normalized spacial score (nSPS) is 25.8. The molecule has 2 aromatic rings. The van der Waals surface area contributed by atoms with Crippen LogP contribution in [0.5, 0.6) is 0 Å². The van der Waals surface area contributed by atoms with E-state index < -0.39 is 23.8 Å². The number of benzene rings is 1. The molecule has 7 nitrogen and oxygen atoms in total. The van der Waals surface area contributed by atoms with Gasteiger partial charge in [-0.3, -0.25) is 14.4 Å². The van der Waals surface area contributed by atoms with E-state index in [2.05, 4.69) is 10.3 Å². The van der Waals surface area contributed by atoms with Crippen LogP contribution in [0.3, 0.4) is 0 Å². The van der Waals surface area contributed by atoms with Crippen LogP contribution in [0.25, 0.3) is 10.2 Å². The van der Waals surface area contributed by atoms with E-state index in [1.165, 1.54) is 11.3 Å². The second kappa shape index (κ2) is 6.97. The van der Waals surface area contributed by atoms with Gasteiger partial charge in [-0.2, -0.15) is 0 Å². The van der Waals surface area contributed by atoms with Crippen LogP contribution in [0.4, 0.5) is 5.69 Å². The van der Waals surface area contributed by atoms with Gasteiger partial charge in [-0.15, -0.1) is 11.3 Å². The highest BCUT2D eigenvalue weighted by Crippen LogP contribution is 2.48. The predicted octanol–water partition coefficient (Wildman–Crippen LogP) is 2.93. The van der Waals surface area contributed by atoms with Crippen LogP contribution >= 0.6 is 23.1 Å². The molecule has 4 atom stereocenters. The number of thiazole rings is 1. The zero-order chi connectivity index (χ0) is 19.1. The Bertz CT molecular complexity index is 970. The quantitative estimate of drug-likeness (QED) is 0.501. The number of amides is 1. The average molecular weight is 404 g/mol. The molecule has 0 aliphatic heterocycles. The van der Waals surface area contributed by atoms with Gasteiger partial charge in [0, 0.05) is 5.69 Å². The summed E-state index contributed by atoms with van der Waals surface area (Å²) in [5.41, 5.74) is 1.32. The molecule has 2 aliphatic rings. The number of carboxylic acids is 2. The number of nitrogens with zero attached hydrogens (tertiary/aromatic N) is 1. The zero-order valence-corrected chi connectivity index (χ0v) is 15.6. The van der Waals surface area contributed by atoms with Crippen molar-refractivity contribution in [1.29, 1.82) is 0 Å². The van der Waals surface area contributed by atoms with Crippen molar-refractivity contribution in [3.8, 4) is 0 Å². The molecule has 0 saturated heterocycles. The lowest BCUT2D eigenvalue weighted by atomic mass is 9.82. The Labute approximate surface area is 162 Å². The van der Waals surface area contributed by atoms with Gasteiger partial charge < -0.3 is 15.5 Å². The number of anilines is 1. The van der Waals surface area contributed by atoms with Gasteiger partial charge in [0.1, 0.15) is 0 Å². The number of rotatable bonds is 6. The number of hydrogen-bond acceptors (Lipinski definition) is 6. The van der Waals surface area contributed by atoms with Crippen molar-refractivity contribution in [2.75, 3.05) is 11.1 Å². The molecule has 1 fully saturated rings. The van der Waals surface area contributed by atoms with Gasteiger partial charge in [-0.05, 0) is 36.5 Å². The lowest BCUT2D eigenvalue weighted by molar-refractivity contribution is -0.146. The van der Waals surface area contributed by atoms with E-state index in [0.717, 1.165) is 22.0 Å². The Kier molecular flexibility index (Phi) is 4.65. The van der Waals surface area contributed by atoms with Crippen molar-refractivity contribution >= 4 is 56.8 Å². The van der Waals surface area contributed by atoms with Crippen molar-refractivity contribution in [2.24, 2.45) is 23.7 Å².